The lowest BCUT2D eigenvalue weighted by molar-refractivity contribution is -0.113. The topological polar surface area (TPSA) is 54.9 Å². The van der Waals surface area contributed by atoms with Crippen molar-refractivity contribution in [1.82, 2.24) is 10.2 Å². The summed E-state index contributed by atoms with van der Waals surface area (Å²) in [6, 6.07) is 14.1. The molecule has 0 aliphatic carbocycles. The van der Waals surface area contributed by atoms with E-state index < -0.39 is 0 Å². The van der Waals surface area contributed by atoms with Crippen molar-refractivity contribution in [3.05, 3.63) is 59.8 Å². The summed E-state index contributed by atoms with van der Waals surface area (Å²) in [7, 11) is 0. The summed E-state index contributed by atoms with van der Waals surface area (Å²) in [5, 5.41) is 14.1. The van der Waals surface area contributed by atoms with Crippen LogP contribution >= 0.6 is 11.8 Å². The van der Waals surface area contributed by atoms with Crippen LogP contribution in [0.1, 0.15) is 25.0 Å². The summed E-state index contributed by atoms with van der Waals surface area (Å²) >= 11 is 1.42. The molecule has 4 nitrogen and oxygen atoms in total. The fourth-order valence-electron chi connectivity index (χ4n) is 2.82. The van der Waals surface area contributed by atoms with Gasteiger partial charge in [-0.25, -0.2) is 0 Å². The molecule has 128 valence electrons. The molecule has 1 amide bonds. The highest BCUT2D eigenvalue weighted by atomic mass is 32.2. The number of carbonyl (C=O) groups excluding carboxylic acids is 1. The lowest BCUT2D eigenvalue weighted by Gasteiger charge is -2.14. The minimum atomic E-state index is -0.0182. The molecule has 0 fully saturated rings. The second-order valence-electron chi connectivity index (χ2n) is 5.73. The Bertz CT molecular complexity index is 867. The van der Waals surface area contributed by atoms with Gasteiger partial charge in [-0.15, -0.1) is 5.10 Å². The van der Waals surface area contributed by atoms with E-state index >= 15 is 0 Å². The van der Waals surface area contributed by atoms with Crippen LogP contribution in [0.15, 0.2) is 53.7 Å². The van der Waals surface area contributed by atoms with Gasteiger partial charge in [0.1, 0.15) is 5.03 Å². The third-order valence-electron chi connectivity index (χ3n) is 4.14. The number of para-hydroxylation sites is 1. The number of anilines is 1. The van der Waals surface area contributed by atoms with Crippen molar-refractivity contribution in [3.8, 4) is 0 Å². The van der Waals surface area contributed by atoms with E-state index in [9.17, 15) is 4.79 Å². The summed E-state index contributed by atoms with van der Waals surface area (Å²) in [6.07, 6.45) is 3.53. The Morgan fingerprint density at radius 3 is 2.48 bits per heavy atom. The normalized spacial score (nSPS) is 10.8. The molecule has 0 unspecified atom stereocenters. The Morgan fingerprint density at radius 2 is 1.76 bits per heavy atom. The largest absolute Gasteiger partial charge is 0.325 e. The third-order valence-corrected chi connectivity index (χ3v) is 5.12. The molecule has 5 heteroatoms. The average Bonchev–Trinajstić information content (AvgIpc) is 2.66. The molecule has 0 aliphatic rings. The van der Waals surface area contributed by atoms with E-state index in [1.54, 1.807) is 6.20 Å². The first-order chi connectivity index (χ1) is 12.2. The summed E-state index contributed by atoms with van der Waals surface area (Å²) in [5.74, 6) is 0.291. The number of aromatic nitrogens is 2. The number of hydrogen-bond acceptors (Lipinski definition) is 4. The Balaban J connectivity index is 1.73. The first kappa shape index (κ1) is 17.4. The molecule has 0 atom stereocenters. The number of nitrogens with one attached hydrogen (secondary N) is 1. The Labute approximate surface area is 152 Å². The van der Waals surface area contributed by atoms with Crippen molar-refractivity contribution in [2.75, 3.05) is 11.1 Å². The molecule has 0 aliphatic heterocycles. The van der Waals surface area contributed by atoms with Crippen LogP contribution in [0.3, 0.4) is 0 Å². The van der Waals surface area contributed by atoms with Gasteiger partial charge >= 0.3 is 0 Å². The van der Waals surface area contributed by atoms with Crippen molar-refractivity contribution < 1.29 is 4.79 Å². The average molecular weight is 351 g/mol. The Kier molecular flexibility index (Phi) is 5.66. The zero-order valence-electron chi connectivity index (χ0n) is 14.5. The molecule has 3 rings (SSSR count). The zero-order chi connectivity index (χ0) is 17.6. The smallest absolute Gasteiger partial charge is 0.234 e. The molecule has 0 saturated heterocycles. The van der Waals surface area contributed by atoms with Crippen LogP contribution in [-0.2, 0) is 17.6 Å². The van der Waals surface area contributed by atoms with E-state index in [4.69, 9.17) is 0 Å². The molecule has 25 heavy (non-hydrogen) atoms. The SMILES string of the molecule is CCc1cccc(CC)c1NC(=O)CSc1nncc2ccccc12. The minimum Gasteiger partial charge on any atom is -0.325 e. The Morgan fingerprint density at radius 1 is 1.04 bits per heavy atom. The molecule has 1 heterocycles. The molecule has 2 aromatic carbocycles. The van der Waals surface area contributed by atoms with Gasteiger partial charge in [-0.1, -0.05) is 68.1 Å². The van der Waals surface area contributed by atoms with Crippen LogP contribution in [0.2, 0.25) is 0 Å². The van der Waals surface area contributed by atoms with Crippen molar-refractivity contribution in [2.24, 2.45) is 0 Å². The molecule has 1 aromatic heterocycles. The second-order valence-corrected chi connectivity index (χ2v) is 6.70. The number of carbonyl (C=O) groups is 1. The van der Waals surface area contributed by atoms with Crippen molar-refractivity contribution in [2.45, 2.75) is 31.7 Å². The van der Waals surface area contributed by atoms with Crippen molar-refractivity contribution in [3.63, 3.8) is 0 Å². The van der Waals surface area contributed by atoms with Crippen LogP contribution < -0.4 is 5.32 Å². The van der Waals surface area contributed by atoms with E-state index in [2.05, 4.69) is 41.5 Å². The van der Waals surface area contributed by atoms with Crippen LogP contribution in [0.25, 0.3) is 10.8 Å². The lowest BCUT2D eigenvalue weighted by Crippen LogP contribution is -2.17. The standard InChI is InChI=1S/C20H21N3OS/c1-3-14-9-7-10-15(4-2)19(14)22-18(24)13-25-20-17-11-6-5-8-16(17)12-21-23-20/h5-12H,3-4,13H2,1-2H3,(H,22,24). The number of thioether (sulfide) groups is 1. The first-order valence-corrected chi connectivity index (χ1v) is 9.45. The predicted octanol–water partition coefficient (Wildman–Crippen LogP) is 4.49. The highest BCUT2D eigenvalue weighted by Gasteiger charge is 2.12. The van der Waals surface area contributed by atoms with Gasteiger partial charge in [0.15, 0.2) is 0 Å². The van der Waals surface area contributed by atoms with Gasteiger partial charge in [-0.3, -0.25) is 4.79 Å². The molecule has 0 spiro atoms. The van der Waals surface area contributed by atoms with Gasteiger partial charge in [-0.05, 0) is 24.0 Å². The van der Waals surface area contributed by atoms with E-state index in [0.29, 0.717) is 5.75 Å². The molecular formula is C20H21N3OS. The van der Waals surface area contributed by atoms with Crippen LogP contribution in [0.4, 0.5) is 5.69 Å². The highest BCUT2D eigenvalue weighted by Crippen LogP contribution is 2.26. The lowest BCUT2D eigenvalue weighted by atomic mass is 10.0. The third kappa shape index (κ3) is 3.99. The molecule has 3 aromatic rings. The number of nitrogens with zero attached hydrogens (tertiary/aromatic N) is 2. The van der Waals surface area contributed by atoms with Crippen molar-refractivity contribution >= 4 is 34.1 Å². The van der Waals surface area contributed by atoms with E-state index in [1.807, 2.05) is 30.3 Å². The van der Waals surface area contributed by atoms with Crippen molar-refractivity contribution in [1.29, 1.82) is 0 Å². The maximum absolute atomic E-state index is 12.5. The fourth-order valence-corrected chi connectivity index (χ4v) is 3.61. The molecule has 0 saturated carbocycles. The van der Waals surface area contributed by atoms with Crippen LogP contribution in [-0.4, -0.2) is 21.9 Å². The summed E-state index contributed by atoms with van der Waals surface area (Å²) in [5.41, 5.74) is 3.30. The van der Waals surface area contributed by atoms with E-state index in [0.717, 1.165) is 34.3 Å². The number of benzene rings is 2. The summed E-state index contributed by atoms with van der Waals surface area (Å²) in [6.45, 7) is 4.20. The number of fused-ring (bicyclic) bond motifs is 1. The van der Waals surface area contributed by atoms with Gasteiger partial charge < -0.3 is 5.32 Å². The zero-order valence-corrected chi connectivity index (χ0v) is 15.3. The van der Waals surface area contributed by atoms with Crippen LogP contribution in [0, 0.1) is 0 Å². The monoisotopic (exact) mass is 351 g/mol. The van der Waals surface area contributed by atoms with Crippen LogP contribution in [0.5, 0.6) is 0 Å². The number of aryl methyl sites for hydroxylation is 2. The van der Waals surface area contributed by atoms with E-state index in [1.165, 1.54) is 22.9 Å². The Hall–Kier alpha value is -2.40. The quantitative estimate of drug-likeness (QED) is 0.665. The summed E-state index contributed by atoms with van der Waals surface area (Å²) in [4.78, 5) is 12.5. The van der Waals surface area contributed by atoms with Gasteiger partial charge in [0.2, 0.25) is 5.91 Å². The number of hydrogen-bond donors (Lipinski definition) is 1. The number of rotatable bonds is 6. The van der Waals surface area contributed by atoms with Gasteiger partial charge in [0.25, 0.3) is 0 Å². The molecular weight excluding hydrogens is 330 g/mol. The maximum atomic E-state index is 12.5. The maximum Gasteiger partial charge on any atom is 0.234 e. The summed E-state index contributed by atoms with van der Waals surface area (Å²) < 4.78 is 0. The predicted molar refractivity (Wildman–Crippen MR) is 104 cm³/mol. The minimum absolute atomic E-state index is 0.0182. The fraction of sp³-hybridized carbons (Fsp3) is 0.250. The van der Waals surface area contributed by atoms with Gasteiger partial charge in [-0.2, -0.15) is 5.10 Å². The first-order valence-electron chi connectivity index (χ1n) is 8.46. The molecule has 0 bridgehead atoms. The molecule has 1 N–H and O–H groups in total. The highest BCUT2D eigenvalue weighted by molar-refractivity contribution is 8.00. The van der Waals surface area contributed by atoms with Gasteiger partial charge in [0.05, 0.1) is 11.9 Å². The second kappa shape index (κ2) is 8.12. The number of amides is 1. The van der Waals surface area contributed by atoms with Gasteiger partial charge in [0, 0.05) is 16.5 Å². The van der Waals surface area contributed by atoms with E-state index in [-0.39, 0.29) is 5.91 Å². The molecule has 0 radical (unpaired) electrons.